The Kier molecular flexibility index (Phi) is 10.3. The van der Waals surface area contributed by atoms with Crippen molar-refractivity contribution in [3.8, 4) is 0 Å². The van der Waals surface area contributed by atoms with Crippen LogP contribution >= 0.6 is 0 Å². The van der Waals surface area contributed by atoms with Crippen molar-refractivity contribution < 1.29 is 28.7 Å². The molecule has 0 aromatic heterocycles. The third kappa shape index (κ3) is 7.96. The van der Waals surface area contributed by atoms with Crippen LogP contribution in [0.2, 0.25) is 0 Å². The van der Waals surface area contributed by atoms with Gasteiger partial charge in [-0.3, -0.25) is 14.4 Å². The lowest BCUT2D eigenvalue weighted by atomic mass is 9.86. The summed E-state index contributed by atoms with van der Waals surface area (Å²) in [6.07, 6.45) is 2.38. The third-order valence-electron chi connectivity index (χ3n) is 6.43. The van der Waals surface area contributed by atoms with E-state index in [0.717, 1.165) is 24.8 Å². The third-order valence-corrected chi connectivity index (χ3v) is 6.43. The van der Waals surface area contributed by atoms with Gasteiger partial charge in [-0.05, 0) is 58.4 Å². The number of amides is 3. The zero-order chi connectivity index (χ0) is 27.0. The van der Waals surface area contributed by atoms with Crippen LogP contribution in [0.25, 0.3) is 0 Å². The first-order chi connectivity index (χ1) is 16.9. The van der Waals surface area contributed by atoms with Crippen LogP contribution in [-0.2, 0) is 23.9 Å². The van der Waals surface area contributed by atoms with Gasteiger partial charge in [0, 0.05) is 6.04 Å². The standard InChI is InChI=1S/C27H41N3O6/c1-8-18(3)22(29-26(34)36-27(4,5)6)25(33)30(20-10-9-11-20)23(19-14-12-17(2)13-15-19)24(32)28-16-21(31)35-7/h12-15,18,20,22-23H,8-11,16H2,1-7H3,(H,28,32)(H,29,34). The molecule has 200 valence electrons. The second-order valence-electron chi connectivity index (χ2n) is 10.4. The molecule has 3 unspecified atom stereocenters. The number of nitrogens with zero attached hydrogens (tertiary/aromatic N) is 1. The predicted molar refractivity (Wildman–Crippen MR) is 136 cm³/mol. The lowest BCUT2D eigenvalue weighted by Crippen LogP contribution is -2.59. The van der Waals surface area contributed by atoms with Crippen molar-refractivity contribution in [1.29, 1.82) is 0 Å². The number of hydrogen-bond acceptors (Lipinski definition) is 6. The first-order valence-electron chi connectivity index (χ1n) is 12.6. The largest absolute Gasteiger partial charge is 0.468 e. The molecule has 9 heteroatoms. The van der Waals surface area contributed by atoms with Crippen LogP contribution < -0.4 is 10.6 Å². The highest BCUT2D eigenvalue weighted by Crippen LogP contribution is 2.34. The smallest absolute Gasteiger partial charge is 0.408 e. The molecule has 36 heavy (non-hydrogen) atoms. The van der Waals surface area contributed by atoms with Gasteiger partial charge in [-0.2, -0.15) is 0 Å². The molecule has 1 aromatic carbocycles. The molecule has 0 bridgehead atoms. The van der Waals surface area contributed by atoms with E-state index in [2.05, 4.69) is 15.4 Å². The summed E-state index contributed by atoms with van der Waals surface area (Å²) >= 11 is 0. The van der Waals surface area contributed by atoms with Gasteiger partial charge in [0.25, 0.3) is 0 Å². The first kappa shape index (κ1) is 29.1. The summed E-state index contributed by atoms with van der Waals surface area (Å²) in [5.74, 6) is -1.62. The number of methoxy groups -OCH3 is 1. The summed E-state index contributed by atoms with van der Waals surface area (Å²) in [5.41, 5.74) is 0.917. The first-order valence-corrected chi connectivity index (χ1v) is 12.6. The summed E-state index contributed by atoms with van der Waals surface area (Å²) in [4.78, 5) is 53.6. The quantitative estimate of drug-likeness (QED) is 0.471. The molecule has 3 amide bonds. The van der Waals surface area contributed by atoms with Gasteiger partial charge in [0.1, 0.15) is 24.2 Å². The number of aryl methyl sites for hydroxylation is 1. The SMILES string of the molecule is CCC(C)C(NC(=O)OC(C)(C)C)C(=O)N(C1CCC1)C(C(=O)NCC(=O)OC)c1ccc(C)cc1. The average molecular weight is 504 g/mol. The second kappa shape index (κ2) is 12.7. The van der Waals surface area contributed by atoms with Crippen LogP contribution in [0.1, 0.15) is 77.5 Å². The van der Waals surface area contributed by atoms with E-state index >= 15 is 0 Å². The summed E-state index contributed by atoms with van der Waals surface area (Å²) in [7, 11) is 1.25. The fraction of sp³-hybridized carbons (Fsp3) is 0.630. The Bertz CT molecular complexity index is 920. The van der Waals surface area contributed by atoms with Crippen LogP contribution in [0.3, 0.4) is 0 Å². The number of esters is 1. The number of nitrogens with one attached hydrogen (secondary N) is 2. The number of alkyl carbamates (subject to hydrolysis) is 1. The zero-order valence-corrected chi connectivity index (χ0v) is 22.6. The number of rotatable bonds is 10. The molecular formula is C27H41N3O6. The highest BCUT2D eigenvalue weighted by molar-refractivity contribution is 5.93. The summed E-state index contributed by atoms with van der Waals surface area (Å²) < 4.78 is 10.1. The van der Waals surface area contributed by atoms with E-state index in [-0.39, 0.29) is 24.4 Å². The number of ether oxygens (including phenoxy) is 2. The number of hydrogen-bond donors (Lipinski definition) is 2. The van der Waals surface area contributed by atoms with Gasteiger partial charge in [-0.15, -0.1) is 0 Å². The van der Waals surface area contributed by atoms with Crippen molar-refractivity contribution in [2.24, 2.45) is 5.92 Å². The number of carbonyl (C=O) groups excluding carboxylic acids is 4. The van der Waals surface area contributed by atoms with Gasteiger partial charge < -0.3 is 25.0 Å². The predicted octanol–water partition coefficient (Wildman–Crippen LogP) is 3.65. The minimum absolute atomic E-state index is 0.167. The normalized spacial score (nSPS) is 16.1. The Labute approximate surface area is 214 Å². The topological polar surface area (TPSA) is 114 Å². The van der Waals surface area contributed by atoms with Gasteiger partial charge in [0.05, 0.1) is 7.11 Å². The maximum Gasteiger partial charge on any atom is 0.408 e. The molecule has 1 aliphatic rings. The van der Waals surface area contributed by atoms with E-state index in [1.54, 1.807) is 25.7 Å². The van der Waals surface area contributed by atoms with Crippen LogP contribution in [-0.4, -0.2) is 60.1 Å². The molecule has 0 saturated heterocycles. The molecule has 0 heterocycles. The molecule has 3 atom stereocenters. The van der Waals surface area contributed by atoms with E-state index in [0.29, 0.717) is 12.0 Å². The van der Waals surface area contributed by atoms with Gasteiger partial charge in [0.2, 0.25) is 11.8 Å². The highest BCUT2D eigenvalue weighted by Gasteiger charge is 2.43. The van der Waals surface area contributed by atoms with Crippen molar-refractivity contribution in [3.63, 3.8) is 0 Å². The molecule has 0 spiro atoms. The lowest BCUT2D eigenvalue weighted by molar-refractivity contribution is -0.149. The Morgan fingerprint density at radius 2 is 1.72 bits per heavy atom. The maximum absolute atomic E-state index is 14.1. The van der Waals surface area contributed by atoms with Crippen LogP contribution in [0.15, 0.2) is 24.3 Å². The van der Waals surface area contributed by atoms with Gasteiger partial charge in [-0.1, -0.05) is 50.1 Å². The maximum atomic E-state index is 14.1. The van der Waals surface area contributed by atoms with Crippen molar-refractivity contribution in [2.45, 2.75) is 91.0 Å². The van der Waals surface area contributed by atoms with Crippen molar-refractivity contribution in [3.05, 3.63) is 35.4 Å². The fourth-order valence-electron chi connectivity index (χ4n) is 3.98. The summed E-state index contributed by atoms with van der Waals surface area (Å²) in [5, 5.41) is 5.38. The fourth-order valence-corrected chi connectivity index (χ4v) is 3.98. The van der Waals surface area contributed by atoms with Crippen molar-refractivity contribution >= 4 is 23.9 Å². The Hall–Kier alpha value is -3.10. The van der Waals surface area contributed by atoms with Crippen LogP contribution in [0, 0.1) is 12.8 Å². The van der Waals surface area contributed by atoms with E-state index in [1.807, 2.05) is 45.0 Å². The highest BCUT2D eigenvalue weighted by atomic mass is 16.6. The van der Waals surface area contributed by atoms with Crippen LogP contribution in [0.5, 0.6) is 0 Å². The minimum Gasteiger partial charge on any atom is -0.468 e. The van der Waals surface area contributed by atoms with Gasteiger partial charge >= 0.3 is 12.1 Å². The molecule has 1 aliphatic carbocycles. The van der Waals surface area contributed by atoms with E-state index in [9.17, 15) is 19.2 Å². The molecule has 9 nitrogen and oxygen atoms in total. The summed E-state index contributed by atoms with van der Waals surface area (Å²) in [6, 6.07) is 5.37. The van der Waals surface area contributed by atoms with E-state index in [4.69, 9.17) is 4.74 Å². The Morgan fingerprint density at radius 1 is 1.11 bits per heavy atom. The van der Waals surface area contributed by atoms with Crippen molar-refractivity contribution in [2.75, 3.05) is 13.7 Å². The monoisotopic (exact) mass is 503 g/mol. The number of carbonyl (C=O) groups is 4. The molecule has 2 N–H and O–H groups in total. The lowest BCUT2D eigenvalue weighted by Gasteiger charge is -2.44. The Morgan fingerprint density at radius 3 is 2.19 bits per heavy atom. The molecule has 0 radical (unpaired) electrons. The van der Waals surface area contributed by atoms with Crippen LogP contribution in [0.4, 0.5) is 4.79 Å². The molecule has 0 aliphatic heterocycles. The molecule has 2 rings (SSSR count). The summed E-state index contributed by atoms with van der Waals surface area (Å²) in [6.45, 7) is 10.7. The van der Waals surface area contributed by atoms with Gasteiger partial charge in [-0.25, -0.2) is 4.79 Å². The zero-order valence-electron chi connectivity index (χ0n) is 22.6. The molecule has 1 fully saturated rings. The number of benzene rings is 1. The van der Waals surface area contributed by atoms with Gasteiger partial charge in [0.15, 0.2) is 0 Å². The average Bonchev–Trinajstić information content (AvgIpc) is 2.78. The molecule has 1 aromatic rings. The Balaban J connectivity index is 2.47. The second-order valence-corrected chi connectivity index (χ2v) is 10.4. The molecular weight excluding hydrogens is 462 g/mol. The van der Waals surface area contributed by atoms with Crippen molar-refractivity contribution in [1.82, 2.24) is 15.5 Å². The molecule has 1 saturated carbocycles. The minimum atomic E-state index is -0.972. The van der Waals surface area contributed by atoms with E-state index in [1.165, 1.54) is 7.11 Å². The van der Waals surface area contributed by atoms with E-state index < -0.39 is 35.7 Å².